The first-order valence-electron chi connectivity index (χ1n) is 14.1. The van der Waals surface area contributed by atoms with Gasteiger partial charge in [-0.15, -0.1) is 0 Å². The molecule has 1 aromatic heterocycles. The first-order valence-corrected chi connectivity index (χ1v) is 16.0. The number of hydrogen-bond acceptors (Lipinski definition) is 5. The van der Waals surface area contributed by atoms with Gasteiger partial charge in [0.25, 0.3) is 11.5 Å². The summed E-state index contributed by atoms with van der Waals surface area (Å²) in [6.45, 7) is 3.15. The molecule has 0 bridgehead atoms. The number of phenolic OH excluding ortho intramolecular Hbond substituents is 1. The van der Waals surface area contributed by atoms with Crippen LogP contribution in [0.25, 0.3) is 0 Å². The summed E-state index contributed by atoms with van der Waals surface area (Å²) in [6.07, 6.45) is 3.14. The summed E-state index contributed by atoms with van der Waals surface area (Å²) >= 11 is 18.7. The number of phenols is 1. The number of aromatic nitrogens is 1. The molecule has 14 heteroatoms. The molecule has 8 nitrogen and oxygen atoms in total. The zero-order valence-corrected chi connectivity index (χ0v) is 26.5. The number of H-pyrrole nitrogens is 1. The van der Waals surface area contributed by atoms with Crippen molar-refractivity contribution in [1.82, 2.24) is 14.8 Å². The van der Waals surface area contributed by atoms with E-state index in [1.807, 2.05) is 11.8 Å². The Labute approximate surface area is 270 Å². The molecule has 232 valence electrons. The SMILES string of the molecule is CCc1c(O)c(N2CCCN(C3CC3)C2=O)cc2c1CN(C(=O)c1c(Sc3c(Cl)cccc3Cl)cc(C(F)(F)Cl)[nH]c1=O)C2. The molecule has 2 aromatic carbocycles. The molecule has 0 atom stereocenters. The third kappa shape index (κ3) is 5.63. The number of anilines is 1. The monoisotopic (exact) mass is 682 g/mol. The summed E-state index contributed by atoms with van der Waals surface area (Å²) in [5, 5.41) is 7.84. The van der Waals surface area contributed by atoms with E-state index in [-0.39, 0.29) is 56.3 Å². The highest BCUT2D eigenvalue weighted by Crippen LogP contribution is 2.44. The maximum absolute atomic E-state index is 14.1. The predicted molar refractivity (Wildman–Crippen MR) is 166 cm³/mol. The van der Waals surface area contributed by atoms with Gasteiger partial charge in [0.05, 0.1) is 15.7 Å². The van der Waals surface area contributed by atoms with E-state index in [9.17, 15) is 28.3 Å². The van der Waals surface area contributed by atoms with E-state index < -0.39 is 22.5 Å². The van der Waals surface area contributed by atoms with Gasteiger partial charge in [0.2, 0.25) is 0 Å². The molecule has 6 rings (SSSR count). The molecular weight excluding hydrogens is 657 g/mol. The average molecular weight is 684 g/mol. The summed E-state index contributed by atoms with van der Waals surface area (Å²) in [6, 6.07) is 7.46. The largest absolute Gasteiger partial charge is 0.505 e. The Morgan fingerprint density at radius 3 is 2.48 bits per heavy atom. The lowest BCUT2D eigenvalue weighted by Crippen LogP contribution is -2.50. The summed E-state index contributed by atoms with van der Waals surface area (Å²) in [5.41, 5.74) is 0.127. The lowest BCUT2D eigenvalue weighted by atomic mass is 9.98. The fourth-order valence-corrected chi connectivity index (χ4v) is 7.59. The Morgan fingerprint density at radius 2 is 1.84 bits per heavy atom. The Morgan fingerprint density at radius 1 is 1.14 bits per heavy atom. The van der Waals surface area contributed by atoms with Gasteiger partial charge in [-0.05, 0) is 72.7 Å². The molecule has 0 unspecified atom stereocenters. The molecule has 3 amide bonds. The summed E-state index contributed by atoms with van der Waals surface area (Å²) in [5.74, 6) is -0.725. The van der Waals surface area contributed by atoms with Gasteiger partial charge in [0.15, 0.2) is 0 Å². The standard InChI is InChI=1S/C30H27Cl3F2N4O4S/c1-2-17-18-14-37(13-15(18)11-21(25(17)40)39-10-4-9-38(29(39)43)16-7-8-16)28(42)24-22(12-23(30(33,34)35)36-27(24)41)44-26-19(31)5-3-6-20(26)32/h3,5-6,11-12,16,40H,2,4,7-10,13-14H2,1H3,(H,36,41). The van der Waals surface area contributed by atoms with Crippen LogP contribution in [0.3, 0.4) is 0 Å². The van der Waals surface area contributed by atoms with Crippen molar-refractivity contribution in [3.8, 4) is 5.75 Å². The van der Waals surface area contributed by atoms with Crippen molar-refractivity contribution >= 4 is 64.2 Å². The molecule has 0 spiro atoms. The van der Waals surface area contributed by atoms with Crippen LogP contribution in [0.15, 0.2) is 44.9 Å². The van der Waals surface area contributed by atoms with Gasteiger partial charge < -0.3 is 19.9 Å². The smallest absolute Gasteiger partial charge is 0.362 e. The minimum absolute atomic E-state index is 0.0114. The summed E-state index contributed by atoms with van der Waals surface area (Å²) < 4.78 is 28.2. The van der Waals surface area contributed by atoms with E-state index in [4.69, 9.17) is 34.8 Å². The predicted octanol–water partition coefficient (Wildman–Crippen LogP) is 7.34. The van der Waals surface area contributed by atoms with Crippen LogP contribution in [0.1, 0.15) is 58.9 Å². The summed E-state index contributed by atoms with van der Waals surface area (Å²) in [4.78, 5) is 47.7. The molecular formula is C30H27Cl3F2N4O4S. The third-order valence-electron chi connectivity index (χ3n) is 8.13. The Kier molecular flexibility index (Phi) is 8.28. The number of pyridine rings is 1. The van der Waals surface area contributed by atoms with Gasteiger partial charge in [0.1, 0.15) is 17.0 Å². The van der Waals surface area contributed by atoms with Crippen LogP contribution >= 0.6 is 46.6 Å². The molecule has 2 N–H and O–H groups in total. The minimum atomic E-state index is -3.91. The number of urea groups is 1. The fourth-order valence-electron chi connectivity index (χ4n) is 5.85. The van der Waals surface area contributed by atoms with Crippen molar-refractivity contribution in [3.05, 3.63) is 78.7 Å². The molecule has 1 saturated heterocycles. The van der Waals surface area contributed by atoms with Gasteiger partial charge in [-0.25, -0.2) is 4.79 Å². The van der Waals surface area contributed by atoms with E-state index >= 15 is 0 Å². The number of halogens is 5. The molecule has 3 aromatic rings. The zero-order valence-electron chi connectivity index (χ0n) is 23.4. The van der Waals surface area contributed by atoms with Crippen molar-refractivity contribution < 1.29 is 23.5 Å². The van der Waals surface area contributed by atoms with Crippen molar-refractivity contribution in [2.75, 3.05) is 18.0 Å². The number of carbonyl (C=O) groups excluding carboxylic acids is 2. The normalized spacial score (nSPS) is 17.0. The average Bonchev–Trinajstić information content (AvgIpc) is 3.72. The third-order valence-corrected chi connectivity index (χ3v) is 10.4. The number of hydrogen-bond donors (Lipinski definition) is 2. The molecule has 44 heavy (non-hydrogen) atoms. The first-order chi connectivity index (χ1) is 20.9. The van der Waals surface area contributed by atoms with Crippen molar-refractivity contribution in [1.29, 1.82) is 0 Å². The number of fused-ring (bicyclic) bond motifs is 1. The van der Waals surface area contributed by atoms with Crippen LogP contribution in [0.4, 0.5) is 19.3 Å². The van der Waals surface area contributed by atoms with Gasteiger partial charge in [-0.3, -0.25) is 14.5 Å². The van der Waals surface area contributed by atoms with Crippen molar-refractivity contribution in [3.63, 3.8) is 0 Å². The van der Waals surface area contributed by atoms with E-state index in [2.05, 4.69) is 4.98 Å². The number of aromatic hydroxyl groups is 1. The van der Waals surface area contributed by atoms with Crippen LogP contribution in [0, 0.1) is 0 Å². The van der Waals surface area contributed by atoms with E-state index in [1.54, 1.807) is 29.2 Å². The van der Waals surface area contributed by atoms with Crippen molar-refractivity contribution in [2.45, 2.75) is 66.9 Å². The molecule has 2 fully saturated rings. The highest BCUT2D eigenvalue weighted by molar-refractivity contribution is 7.99. The fraction of sp³-hybridized carbons (Fsp3) is 0.367. The topological polar surface area (TPSA) is 96.9 Å². The van der Waals surface area contributed by atoms with Crippen LogP contribution in [0.5, 0.6) is 5.75 Å². The highest BCUT2D eigenvalue weighted by atomic mass is 35.5. The number of rotatable bonds is 7. The second-order valence-corrected chi connectivity index (χ2v) is 13.3. The number of nitrogens with zero attached hydrogens (tertiary/aromatic N) is 3. The number of alkyl halides is 3. The second-order valence-electron chi connectivity index (χ2n) is 11.0. The molecule has 1 aliphatic carbocycles. The Bertz CT molecular complexity index is 1720. The van der Waals surface area contributed by atoms with Crippen LogP contribution in [0.2, 0.25) is 10.0 Å². The first kappa shape index (κ1) is 31.0. The van der Waals surface area contributed by atoms with Gasteiger partial charge in [0, 0.05) is 47.6 Å². The van der Waals surface area contributed by atoms with Gasteiger partial charge >= 0.3 is 11.4 Å². The van der Waals surface area contributed by atoms with Gasteiger partial charge in [-0.2, -0.15) is 8.78 Å². The maximum atomic E-state index is 14.1. The van der Waals surface area contributed by atoms with Crippen LogP contribution in [-0.4, -0.2) is 51.0 Å². The number of amides is 3. The molecule has 3 heterocycles. The van der Waals surface area contributed by atoms with E-state index in [0.29, 0.717) is 36.3 Å². The van der Waals surface area contributed by atoms with E-state index in [1.165, 1.54) is 4.90 Å². The van der Waals surface area contributed by atoms with Gasteiger partial charge in [-0.1, -0.05) is 48.0 Å². The van der Waals surface area contributed by atoms with Crippen LogP contribution in [-0.2, 0) is 24.9 Å². The Balaban J connectivity index is 1.37. The molecule has 2 aliphatic heterocycles. The second kappa shape index (κ2) is 11.7. The number of benzene rings is 2. The molecule has 0 radical (unpaired) electrons. The van der Waals surface area contributed by atoms with E-state index in [0.717, 1.165) is 42.7 Å². The quantitative estimate of drug-likeness (QED) is 0.254. The maximum Gasteiger partial charge on any atom is 0.362 e. The summed E-state index contributed by atoms with van der Waals surface area (Å²) in [7, 11) is 0. The molecule has 1 saturated carbocycles. The molecule has 3 aliphatic rings. The minimum Gasteiger partial charge on any atom is -0.505 e. The number of carbonyl (C=O) groups is 2. The highest BCUT2D eigenvalue weighted by Gasteiger charge is 2.40. The lowest BCUT2D eigenvalue weighted by molar-refractivity contribution is 0.0740. The van der Waals surface area contributed by atoms with Crippen molar-refractivity contribution in [2.24, 2.45) is 0 Å². The lowest BCUT2D eigenvalue weighted by Gasteiger charge is -2.36. The Hall–Kier alpha value is -2.99. The number of nitrogens with one attached hydrogen (secondary N) is 1. The van der Waals surface area contributed by atoms with Crippen LogP contribution < -0.4 is 10.5 Å². The number of aromatic amines is 1. The zero-order chi connectivity index (χ0) is 31.5.